The van der Waals surface area contributed by atoms with E-state index in [1.807, 2.05) is 6.08 Å². The van der Waals surface area contributed by atoms with Crippen LogP contribution in [0.3, 0.4) is 0 Å². The number of aliphatic hydroxyl groups excluding tert-OH is 6. The number of ether oxygens (including phenoxy) is 2. The van der Waals surface area contributed by atoms with Crippen LogP contribution in [0.5, 0.6) is 0 Å². The van der Waals surface area contributed by atoms with Gasteiger partial charge in [0.05, 0.1) is 25.4 Å². The summed E-state index contributed by atoms with van der Waals surface area (Å²) in [5.74, 6) is -0.627. The SMILES string of the molecule is CCCCCCC/C=C/CC/C=C/CC/C=C/C(O)C(COC1OC(CO)C(O)C(O)C1O)NC(=O)C(O)CCCCCCCCCCCCCCCCCC/C=C\CCCCCCCCCCCCCCCCCCCC. The minimum absolute atomic E-state index is 0.302. The summed E-state index contributed by atoms with van der Waals surface area (Å²) in [5, 5.41) is 65.1. The molecule has 0 aromatic carbocycles. The average Bonchev–Trinajstić information content (AvgIpc) is 3.44. The highest BCUT2D eigenvalue weighted by Crippen LogP contribution is 2.23. The third kappa shape index (κ3) is 44.7. The molecule has 0 saturated carbocycles. The van der Waals surface area contributed by atoms with E-state index < -0.39 is 61.5 Å². The summed E-state index contributed by atoms with van der Waals surface area (Å²) in [6.07, 6.45) is 67.0. The van der Waals surface area contributed by atoms with Gasteiger partial charge in [0, 0.05) is 0 Å². The van der Waals surface area contributed by atoms with Gasteiger partial charge in [0.1, 0.15) is 30.5 Å². The summed E-state index contributed by atoms with van der Waals surface area (Å²) in [6, 6.07) is -1.00. The minimum Gasteiger partial charge on any atom is -0.394 e. The van der Waals surface area contributed by atoms with Crippen molar-refractivity contribution in [1.29, 1.82) is 0 Å². The van der Waals surface area contributed by atoms with Crippen molar-refractivity contribution in [2.24, 2.45) is 0 Å². The van der Waals surface area contributed by atoms with E-state index in [9.17, 15) is 35.4 Å². The second-order valence-corrected chi connectivity index (χ2v) is 23.4. The summed E-state index contributed by atoms with van der Waals surface area (Å²) in [7, 11) is 0. The number of allylic oxidation sites excluding steroid dienone is 7. The van der Waals surface area contributed by atoms with Gasteiger partial charge >= 0.3 is 0 Å². The number of carbonyl (C=O) groups is 1. The fourth-order valence-corrected chi connectivity index (χ4v) is 10.6. The molecule has 0 spiro atoms. The smallest absolute Gasteiger partial charge is 0.249 e. The van der Waals surface area contributed by atoms with Crippen LogP contribution in [0.4, 0.5) is 0 Å². The Morgan fingerprint density at radius 3 is 1.12 bits per heavy atom. The first kappa shape index (κ1) is 74.1. The molecule has 78 heavy (non-hydrogen) atoms. The van der Waals surface area contributed by atoms with Crippen molar-refractivity contribution in [1.82, 2.24) is 5.32 Å². The van der Waals surface area contributed by atoms with Gasteiger partial charge in [-0.25, -0.2) is 0 Å². The Morgan fingerprint density at radius 1 is 0.436 bits per heavy atom. The second kappa shape index (κ2) is 56.9. The van der Waals surface area contributed by atoms with Crippen LogP contribution in [0.15, 0.2) is 48.6 Å². The highest BCUT2D eigenvalue weighted by atomic mass is 16.7. The standard InChI is InChI=1S/C68H127NO9/c1-3-5-7-9-11-13-15-17-19-20-21-22-23-24-25-26-27-28-29-30-31-32-33-34-35-36-37-38-39-40-41-43-45-47-49-51-53-55-57-62(72)67(76)69-60(59-77-68-66(75)65(74)64(73)63(58-70)78-68)61(71)56-54-52-50-48-46-44-42-18-16-14-12-10-8-6-4-2/h16,18,30-31,46,48,54,56,60-66,68,70-75H,3-15,17,19-29,32-45,47,49-53,55,57-59H2,1-2H3,(H,69,76)/b18-16+,31-30-,48-46+,56-54+. The molecule has 1 aliphatic heterocycles. The molecular formula is C68H127NO9. The van der Waals surface area contributed by atoms with Crippen molar-refractivity contribution in [2.45, 2.75) is 365 Å². The Hall–Kier alpha value is -1.89. The molecule has 458 valence electrons. The molecule has 0 aromatic heterocycles. The summed E-state index contributed by atoms with van der Waals surface area (Å²) < 4.78 is 11.2. The van der Waals surface area contributed by atoms with Crippen molar-refractivity contribution < 1.29 is 44.9 Å². The van der Waals surface area contributed by atoms with Crippen molar-refractivity contribution in [2.75, 3.05) is 13.2 Å². The largest absolute Gasteiger partial charge is 0.394 e. The lowest BCUT2D eigenvalue weighted by Gasteiger charge is -2.40. The average molecular weight is 1100 g/mol. The van der Waals surface area contributed by atoms with Crippen molar-refractivity contribution in [3.8, 4) is 0 Å². The number of amides is 1. The first-order valence-electron chi connectivity index (χ1n) is 33.5. The van der Waals surface area contributed by atoms with E-state index in [1.54, 1.807) is 6.08 Å². The van der Waals surface area contributed by atoms with E-state index in [1.165, 1.54) is 238 Å². The zero-order valence-corrected chi connectivity index (χ0v) is 50.8. The van der Waals surface area contributed by atoms with Crippen LogP contribution in [0.1, 0.15) is 316 Å². The van der Waals surface area contributed by atoms with Gasteiger partial charge in [-0.15, -0.1) is 0 Å². The molecule has 10 heteroatoms. The van der Waals surface area contributed by atoms with Gasteiger partial charge in [-0.1, -0.05) is 294 Å². The maximum absolute atomic E-state index is 13.1. The van der Waals surface area contributed by atoms with E-state index in [-0.39, 0.29) is 6.61 Å². The quantitative estimate of drug-likeness (QED) is 0.0232. The van der Waals surface area contributed by atoms with E-state index in [0.29, 0.717) is 19.3 Å². The molecule has 0 bridgehead atoms. The molecule has 8 unspecified atom stereocenters. The number of unbranched alkanes of at least 4 members (excludes halogenated alkanes) is 41. The molecule has 1 heterocycles. The van der Waals surface area contributed by atoms with Gasteiger partial charge in [0.15, 0.2) is 6.29 Å². The summed E-state index contributed by atoms with van der Waals surface area (Å²) in [6.45, 7) is 3.61. The first-order valence-corrected chi connectivity index (χ1v) is 33.5. The predicted molar refractivity (Wildman–Crippen MR) is 329 cm³/mol. The highest BCUT2D eigenvalue weighted by molar-refractivity contribution is 5.80. The van der Waals surface area contributed by atoms with E-state index in [2.05, 4.69) is 55.6 Å². The maximum atomic E-state index is 13.1. The second-order valence-electron chi connectivity index (χ2n) is 23.4. The van der Waals surface area contributed by atoms with Crippen LogP contribution < -0.4 is 5.32 Å². The highest BCUT2D eigenvalue weighted by Gasteiger charge is 2.44. The van der Waals surface area contributed by atoms with Gasteiger partial charge in [-0.05, 0) is 70.6 Å². The van der Waals surface area contributed by atoms with Gasteiger partial charge in [0.25, 0.3) is 0 Å². The number of nitrogens with one attached hydrogen (secondary N) is 1. The van der Waals surface area contributed by atoms with E-state index >= 15 is 0 Å². The molecule has 0 aromatic rings. The topological polar surface area (TPSA) is 169 Å². The zero-order chi connectivity index (χ0) is 56.6. The normalized spacial score (nSPS) is 19.3. The number of hydrogen-bond donors (Lipinski definition) is 7. The molecule has 0 aliphatic carbocycles. The van der Waals surface area contributed by atoms with Crippen LogP contribution in [0, 0.1) is 0 Å². The molecular weight excluding hydrogens is 975 g/mol. The molecule has 1 fully saturated rings. The Balaban J connectivity index is 2.10. The lowest BCUT2D eigenvalue weighted by Crippen LogP contribution is -2.60. The first-order chi connectivity index (χ1) is 38.3. The Labute approximate surface area is 480 Å². The maximum Gasteiger partial charge on any atom is 0.249 e. The number of aliphatic hydroxyl groups is 6. The molecule has 8 atom stereocenters. The van der Waals surface area contributed by atoms with Crippen molar-refractivity contribution in [3.63, 3.8) is 0 Å². The molecule has 0 radical (unpaired) electrons. The fourth-order valence-electron chi connectivity index (χ4n) is 10.6. The number of rotatable bonds is 58. The minimum atomic E-state index is -1.62. The van der Waals surface area contributed by atoms with Gasteiger partial charge < -0.3 is 45.4 Å². The summed E-state index contributed by atoms with van der Waals surface area (Å²) in [5.41, 5.74) is 0. The predicted octanol–water partition coefficient (Wildman–Crippen LogP) is 16.6. The van der Waals surface area contributed by atoms with Crippen LogP contribution in [0.25, 0.3) is 0 Å². The summed E-state index contributed by atoms with van der Waals surface area (Å²) >= 11 is 0. The Morgan fingerprint density at radius 2 is 0.756 bits per heavy atom. The molecule has 1 rings (SSSR count). The van der Waals surface area contributed by atoms with Crippen LogP contribution >= 0.6 is 0 Å². The van der Waals surface area contributed by atoms with Gasteiger partial charge in [-0.3, -0.25) is 4.79 Å². The number of carbonyl (C=O) groups excluding carboxylic acids is 1. The third-order valence-electron chi connectivity index (χ3n) is 16.0. The van der Waals surface area contributed by atoms with Crippen molar-refractivity contribution >= 4 is 5.91 Å². The van der Waals surface area contributed by atoms with Crippen LogP contribution in [-0.4, -0.2) is 98.7 Å². The Kier molecular flexibility index (Phi) is 54.1. The van der Waals surface area contributed by atoms with E-state index in [0.717, 1.165) is 44.9 Å². The molecule has 1 amide bonds. The molecule has 7 N–H and O–H groups in total. The number of hydrogen-bond acceptors (Lipinski definition) is 9. The lowest BCUT2D eigenvalue weighted by atomic mass is 9.99. The fraction of sp³-hybridized carbons (Fsp3) is 0.868. The lowest BCUT2D eigenvalue weighted by molar-refractivity contribution is -0.302. The van der Waals surface area contributed by atoms with Gasteiger partial charge in [0.2, 0.25) is 5.91 Å². The molecule has 10 nitrogen and oxygen atoms in total. The monoisotopic (exact) mass is 1100 g/mol. The molecule has 1 aliphatic rings. The van der Waals surface area contributed by atoms with Crippen LogP contribution in [0.2, 0.25) is 0 Å². The zero-order valence-electron chi connectivity index (χ0n) is 50.8. The molecule has 1 saturated heterocycles. The van der Waals surface area contributed by atoms with Gasteiger partial charge in [-0.2, -0.15) is 0 Å². The van der Waals surface area contributed by atoms with E-state index in [4.69, 9.17) is 9.47 Å². The third-order valence-corrected chi connectivity index (χ3v) is 16.0. The Bertz CT molecular complexity index is 1390. The summed E-state index contributed by atoms with van der Waals surface area (Å²) in [4.78, 5) is 13.1. The van der Waals surface area contributed by atoms with Crippen LogP contribution in [-0.2, 0) is 14.3 Å². The van der Waals surface area contributed by atoms with Crippen molar-refractivity contribution in [3.05, 3.63) is 48.6 Å².